The number of halogens is 4. The van der Waals surface area contributed by atoms with Gasteiger partial charge in [0.2, 0.25) is 0 Å². The lowest BCUT2D eigenvalue weighted by atomic mass is 9.86. The topological polar surface area (TPSA) is 29.1 Å². The van der Waals surface area contributed by atoms with Crippen molar-refractivity contribution in [2.45, 2.75) is 26.2 Å². The van der Waals surface area contributed by atoms with Gasteiger partial charge in [0, 0.05) is 5.69 Å². The van der Waals surface area contributed by atoms with Gasteiger partial charge in [0.25, 0.3) is 5.91 Å². The maximum atomic E-state index is 13.7. The fourth-order valence-corrected chi connectivity index (χ4v) is 2.17. The molecule has 122 valence electrons. The lowest BCUT2D eigenvalue weighted by Crippen LogP contribution is -2.20. The number of rotatable bonds is 2. The predicted octanol–water partition coefficient (Wildman–Crippen LogP) is 4.79. The lowest BCUT2D eigenvalue weighted by molar-refractivity contribution is 0.102. The number of para-hydroxylation sites is 1. The zero-order valence-corrected chi connectivity index (χ0v) is 12.8. The zero-order chi connectivity index (χ0) is 17.4. The molecule has 0 bridgehead atoms. The van der Waals surface area contributed by atoms with E-state index in [-0.39, 0.29) is 5.41 Å². The number of carbonyl (C=O) groups is 1. The first kappa shape index (κ1) is 17.0. The molecular weight excluding hydrogens is 310 g/mol. The van der Waals surface area contributed by atoms with Crippen molar-refractivity contribution < 1.29 is 22.4 Å². The van der Waals surface area contributed by atoms with Crippen LogP contribution in [0, 0.1) is 23.3 Å². The summed E-state index contributed by atoms with van der Waals surface area (Å²) < 4.78 is 53.1. The Kier molecular flexibility index (Phi) is 4.45. The Hall–Kier alpha value is -2.37. The van der Waals surface area contributed by atoms with Crippen LogP contribution in [0.2, 0.25) is 0 Å². The standard InChI is InChI=1S/C17H15F4NO/c1-17(2,3)10-6-4-5-7-12(10)22-16(23)9-8-11(18)14(20)15(21)13(9)19/h4-8H,1-3H3,(H,22,23). The number of hydrogen-bond donors (Lipinski definition) is 1. The third kappa shape index (κ3) is 3.36. The molecule has 0 unspecified atom stereocenters. The Labute approximate surface area is 131 Å². The largest absolute Gasteiger partial charge is 0.322 e. The fraction of sp³-hybridized carbons (Fsp3) is 0.235. The van der Waals surface area contributed by atoms with Gasteiger partial charge in [-0.1, -0.05) is 39.0 Å². The summed E-state index contributed by atoms with van der Waals surface area (Å²) >= 11 is 0. The molecule has 0 saturated heterocycles. The second-order valence-electron chi connectivity index (χ2n) is 6.10. The van der Waals surface area contributed by atoms with Crippen LogP contribution >= 0.6 is 0 Å². The molecule has 2 aromatic carbocycles. The summed E-state index contributed by atoms with van der Waals surface area (Å²) in [5.74, 6) is -8.38. The van der Waals surface area contributed by atoms with E-state index in [9.17, 15) is 22.4 Å². The van der Waals surface area contributed by atoms with Crippen molar-refractivity contribution >= 4 is 11.6 Å². The van der Waals surface area contributed by atoms with E-state index in [1.54, 1.807) is 24.3 Å². The van der Waals surface area contributed by atoms with Gasteiger partial charge in [-0.15, -0.1) is 0 Å². The van der Waals surface area contributed by atoms with Gasteiger partial charge in [-0.05, 0) is 23.1 Å². The van der Waals surface area contributed by atoms with Crippen molar-refractivity contribution in [1.29, 1.82) is 0 Å². The molecule has 2 rings (SSSR count). The lowest BCUT2D eigenvalue weighted by Gasteiger charge is -2.23. The summed E-state index contributed by atoms with van der Waals surface area (Å²) in [5.41, 5.74) is -0.0710. The number of hydrogen-bond acceptors (Lipinski definition) is 1. The number of amides is 1. The van der Waals surface area contributed by atoms with E-state index >= 15 is 0 Å². The molecule has 0 spiro atoms. The first-order valence-electron chi connectivity index (χ1n) is 6.86. The fourth-order valence-electron chi connectivity index (χ4n) is 2.17. The molecular formula is C17H15F4NO. The molecule has 1 N–H and O–H groups in total. The SMILES string of the molecule is CC(C)(C)c1ccccc1NC(=O)c1cc(F)c(F)c(F)c1F. The second kappa shape index (κ2) is 6.02. The van der Waals surface area contributed by atoms with Crippen LogP contribution in [0.5, 0.6) is 0 Å². The summed E-state index contributed by atoms with van der Waals surface area (Å²) in [6.07, 6.45) is 0. The Bertz CT molecular complexity index is 766. The van der Waals surface area contributed by atoms with Crippen LogP contribution in [0.25, 0.3) is 0 Å². The highest BCUT2D eigenvalue weighted by atomic mass is 19.2. The first-order valence-corrected chi connectivity index (χ1v) is 6.86. The van der Waals surface area contributed by atoms with E-state index in [1.165, 1.54) is 0 Å². The number of carbonyl (C=O) groups excluding carboxylic acids is 1. The van der Waals surface area contributed by atoms with Crippen LogP contribution in [0.15, 0.2) is 30.3 Å². The monoisotopic (exact) mass is 325 g/mol. The summed E-state index contributed by atoms with van der Waals surface area (Å²) in [5, 5.41) is 2.41. The minimum Gasteiger partial charge on any atom is -0.322 e. The van der Waals surface area contributed by atoms with Crippen LogP contribution < -0.4 is 5.32 Å². The van der Waals surface area contributed by atoms with Crippen molar-refractivity contribution in [3.8, 4) is 0 Å². The predicted molar refractivity (Wildman–Crippen MR) is 79.4 cm³/mol. The average Bonchev–Trinajstić information content (AvgIpc) is 2.48. The van der Waals surface area contributed by atoms with Gasteiger partial charge >= 0.3 is 0 Å². The van der Waals surface area contributed by atoms with Crippen LogP contribution in [0.4, 0.5) is 23.2 Å². The number of nitrogens with one attached hydrogen (secondary N) is 1. The molecule has 0 saturated carbocycles. The second-order valence-corrected chi connectivity index (χ2v) is 6.10. The van der Waals surface area contributed by atoms with E-state index in [0.717, 1.165) is 5.56 Å². The number of anilines is 1. The van der Waals surface area contributed by atoms with E-state index in [2.05, 4.69) is 5.32 Å². The average molecular weight is 325 g/mol. The highest BCUT2D eigenvalue weighted by molar-refractivity contribution is 6.05. The molecule has 6 heteroatoms. The highest BCUT2D eigenvalue weighted by Crippen LogP contribution is 2.30. The molecule has 0 aliphatic rings. The Morgan fingerprint density at radius 2 is 1.57 bits per heavy atom. The molecule has 0 aliphatic heterocycles. The van der Waals surface area contributed by atoms with Gasteiger partial charge in [0.05, 0.1) is 5.56 Å². The maximum absolute atomic E-state index is 13.7. The summed E-state index contributed by atoms with van der Waals surface area (Å²) in [7, 11) is 0. The minimum absolute atomic E-state index is 0.318. The van der Waals surface area contributed by atoms with Crippen molar-refractivity contribution in [3.63, 3.8) is 0 Å². The van der Waals surface area contributed by atoms with Crippen molar-refractivity contribution in [3.05, 3.63) is 64.7 Å². The molecule has 0 radical (unpaired) electrons. The molecule has 0 aliphatic carbocycles. The maximum Gasteiger partial charge on any atom is 0.258 e. The Morgan fingerprint density at radius 1 is 0.957 bits per heavy atom. The van der Waals surface area contributed by atoms with Crippen LogP contribution in [0.3, 0.4) is 0 Å². The van der Waals surface area contributed by atoms with E-state index < -0.39 is 34.7 Å². The van der Waals surface area contributed by atoms with Gasteiger partial charge < -0.3 is 5.32 Å². The van der Waals surface area contributed by atoms with E-state index in [4.69, 9.17) is 0 Å². The molecule has 2 aromatic rings. The Balaban J connectivity index is 2.42. The van der Waals surface area contributed by atoms with Crippen LogP contribution in [-0.2, 0) is 5.41 Å². The summed E-state index contributed by atoms with van der Waals surface area (Å²) in [4.78, 5) is 12.1. The first-order chi connectivity index (χ1) is 10.6. The molecule has 0 atom stereocenters. The smallest absolute Gasteiger partial charge is 0.258 e. The molecule has 0 aromatic heterocycles. The highest BCUT2D eigenvalue weighted by Gasteiger charge is 2.24. The van der Waals surface area contributed by atoms with Gasteiger partial charge in [-0.3, -0.25) is 4.79 Å². The Morgan fingerprint density at radius 3 is 2.17 bits per heavy atom. The molecule has 2 nitrogen and oxygen atoms in total. The molecule has 1 amide bonds. The molecule has 0 fully saturated rings. The van der Waals surface area contributed by atoms with Gasteiger partial charge in [0.15, 0.2) is 23.3 Å². The van der Waals surface area contributed by atoms with Crippen molar-refractivity contribution in [2.24, 2.45) is 0 Å². The van der Waals surface area contributed by atoms with E-state index in [0.29, 0.717) is 11.8 Å². The normalized spacial score (nSPS) is 11.4. The van der Waals surface area contributed by atoms with Gasteiger partial charge in [0.1, 0.15) is 0 Å². The quantitative estimate of drug-likeness (QED) is 0.480. The van der Waals surface area contributed by atoms with E-state index in [1.807, 2.05) is 20.8 Å². The van der Waals surface area contributed by atoms with Crippen LogP contribution in [-0.4, -0.2) is 5.91 Å². The van der Waals surface area contributed by atoms with Crippen molar-refractivity contribution in [2.75, 3.05) is 5.32 Å². The van der Waals surface area contributed by atoms with Gasteiger partial charge in [-0.25, -0.2) is 17.6 Å². The molecule has 23 heavy (non-hydrogen) atoms. The van der Waals surface area contributed by atoms with Crippen LogP contribution in [0.1, 0.15) is 36.7 Å². The number of benzene rings is 2. The van der Waals surface area contributed by atoms with Gasteiger partial charge in [-0.2, -0.15) is 0 Å². The summed E-state index contributed by atoms with van der Waals surface area (Å²) in [6.45, 7) is 5.74. The zero-order valence-electron chi connectivity index (χ0n) is 12.8. The van der Waals surface area contributed by atoms with Crippen molar-refractivity contribution in [1.82, 2.24) is 0 Å². The third-order valence-corrected chi connectivity index (χ3v) is 3.33. The minimum atomic E-state index is -2.01. The summed E-state index contributed by atoms with van der Waals surface area (Å²) in [6, 6.07) is 7.13. The third-order valence-electron chi connectivity index (χ3n) is 3.33. The molecule has 0 heterocycles.